The maximum Gasteiger partial charge on any atom is 0.413 e. The number of amides is 4. The van der Waals surface area contributed by atoms with Gasteiger partial charge in [-0.3, -0.25) is 20.2 Å². The Balaban J connectivity index is 0.000000171. The van der Waals surface area contributed by atoms with Crippen molar-refractivity contribution in [2.45, 2.75) is 26.1 Å². The van der Waals surface area contributed by atoms with Crippen LogP contribution in [0.2, 0.25) is 10.3 Å². The number of pyridine rings is 4. The SMILES string of the molecule is C[C@@H](OC(=O)Nc1c(-c2ccc3c(n2)OCC(=O)N3)nnn1C)c1cccnc1Cl.C[C@@H](OC(=O)Nc1c(Br)nnn1C)c1cccnc1Cl.O=C1COc2nc(I)ccc2N1. The van der Waals surface area contributed by atoms with E-state index in [1.807, 2.05) is 6.07 Å². The van der Waals surface area contributed by atoms with Crippen LogP contribution in [0, 0.1) is 3.70 Å². The van der Waals surface area contributed by atoms with Gasteiger partial charge in [-0.1, -0.05) is 45.8 Å². The molecule has 6 aromatic heterocycles. The van der Waals surface area contributed by atoms with Gasteiger partial charge in [-0.05, 0) is 88.8 Å². The van der Waals surface area contributed by atoms with E-state index in [4.69, 9.17) is 42.1 Å². The summed E-state index contributed by atoms with van der Waals surface area (Å²) >= 11 is 17.3. The number of carbonyl (C=O) groups excluding carboxylic acids is 4. The molecule has 0 saturated carbocycles. The van der Waals surface area contributed by atoms with Crippen LogP contribution in [0.1, 0.15) is 37.2 Å². The third-order valence-corrected chi connectivity index (χ3v) is 10.00. The average molecular weight is 1070 g/mol. The normalized spacial score (nSPS) is 13.3. The van der Waals surface area contributed by atoms with Gasteiger partial charge in [0.1, 0.15) is 37.6 Å². The van der Waals surface area contributed by atoms with Gasteiger partial charge in [0.2, 0.25) is 11.8 Å². The molecule has 2 aliphatic heterocycles. The molecule has 0 saturated heterocycles. The smallest absolute Gasteiger partial charge is 0.413 e. The topological polar surface area (TPSA) is 266 Å². The summed E-state index contributed by atoms with van der Waals surface area (Å²) in [6.07, 6.45) is 0.592. The monoisotopic (exact) mass is 1060 g/mol. The molecule has 8 rings (SSSR count). The summed E-state index contributed by atoms with van der Waals surface area (Å²) in [7, 11) is 3.26. The van der Waals surface area contributed by atoms with Gasteiger partial charge in [0, 0.05) is 37.6 Å². The first-order valence-corrected chi connectivity index (χ1v) is 20.4. The molecule has 0 unspecified atom stereocenters. The Morgan fingerprint density at radius 3 is 1.81 bits per heavy atom. The first-order chi connectivity index (χ1) is 29.7. The minimum absolute atomic E-state index is 0.0556. The number of hydrogen-bond acceptors (Lipinski definition) is 16. The Bertz CT molecular complexity index is 2620. The minimum atomic E-state index is -0.726. The molecule has 4 N–H and O–H groups in total. The summed E-state index contributed by atoms with van der Waals surface area (Å²) in [6, 6.07) is 13.8. The first-order valence-electron chi connectivity index (χ1n) is 17.8. The quantitative estimate of drug-likeness (QED) is 0.0979. The number of aromatic nitrogens is 10. The minimum Gasteiger partial charge on any atom is -0.466 e. The molecule has 0 fully saturated rings. The predicted octanol–water partition coefficient (Wildman–Crippen LogP) is 6.52. The van der Waals surface area contributed by atoms with E-state index in [0.29, 0.717) is 55.3 Å². The molecule has 0 spiro atoms. The van der Waals surface area contributed by atoms with Crippen LogP contribution in [-0.4, -0.2) is 87.1 Å². The molecule has 4 amide bonds. The second kappa shape index (κ2) is 20.5. The highest BCUT2D eigenvalue weighted by molar-refractivity contribution is 14.1. The zero-order chi connectivity index (χ0) is 44.5. The van der Waals surface area contributed by atoms with Crippen molar-refractivity contribution in [2.75, 3.05) is 34.5 Å². The summed E-state index contributed by atoms with van der Waals surface area (Å²) in [4.78, 5) is 62.9. The molecule has 6 aromatic rings. The third kappa shape index (κ3) is 11.6. The van der Waals surface area contributed by atoms with E-state index in [1.165, 1.54) is 9.36 Å². The number of rotatable bonds is 7. The number of aryl methyl sites for hydroxylation is 2. The van der Waals surface area contributed by atoms with Gasteiger partial charge in [0.15, 0.2) is 35.1 Å². The van der Waals surface area contributed by atoms with Crippen LogP contribution in [0.5, 0.6) is 11.8 Å². The lowest BCUT2D eigenvalue weighted by Gasteiger charge is -2.17. The fraction of sp³-hybridized carbons (Fsp3) is 0.222. The van der Waals surface area contributed by atoms with E-state index < -0.39 is 24.4 Å². The number of ether oxygens (including phenoxy) is 4. The number of carbonyl (C=O) groups is 4. The Morgan fingerprint density at radius 2 is 1.27 bits per heavy atom. The standard InChI is InChI=1S/C18H16ClN7O4.C11H11BrClN5O2.C7H5IN2O2/c1-9(10-4-3-7-20-15(10)19)30-18(28)23-16-14(24-25-26(16)2)11-5-6-12-17(22-11)29-8-13(27)21-12;1-6(7-4-3-5-14-9(7)13)20-11(19)15-10-8(12)16-17-18(10)2;8-5-2-1-4-7(10-5)12-3-6(11)9-4/h3-7,9H,8H2,1-2H3,(H,21,27)(H,23,28);3-6H,1-2H3,(H,15,19);1-2H,3H2,(H,9,11)/t9-;6-;/m11./s1. The van der Waals surface area contributed by atoms with Crippen LogP contribution in [0.4, 0.5) is 32.6 Å². The molecule has 0 aromatic carbocycles. The summed E-state index contributed by atoms with van der Waals surface area (Å²) < 4.78 is 25.1. The number of anilines is 4. The van der Waals surface area contributed by atoms with Crippen molar-refractivity contribution in [3.8, 4) is 23.1 Å². The molecule has 8 heterocycles. The Morgan fingerprint density at radius 1 is 0.774 bits per heavy atom. The van der Waals surface area contributed by atoms with Gasteiger partial charge < -0.3 is 29.6 Å². The zero-order valence-corrected chi connectivity index (χ0v) is 37.8. The number of nitrogens with zero attached hydrogens (tertiary/aromatic N) is 10. The van der Waals surface area contributed by atoms with Gasteiger partial charge in [-0.15, -0.1) is 10.2 Å². The van der Waals surface area contributed by atoms with E-state index >= 15 is 0 Å². The van der Waals surface area contributed by atoms with Crippen molar-refractivity contribution in [2.24, 2.45) is 14.1 Å². The predicted molar refractivity (Wildman–Crippen MR) is 234 cm³/mol. The number of nitrogens with one attached hydrogen (secondary N) is 4. The maximum atomic E-state index is 12.5. The lowest BCUT2D eigenvalue weighted by atomic mass is 10.2. The third-order valence-electron chi connectivity index (χ3n) is 8.23. The largest absolute Gasteiger partial charge is 0.466 e. The molecular weight excluding hydrogens is 1030 g/mol. The van der Waals surface area contributed by atoms with Crippen molar-refractivity contribution in [3.05, 3.63) is 90.7 Å². The molecule has 322 valence electrons. The Kier molecular flexibility index (Phi) is 15.0. The first kappa shape index (κ1) is 45.3. The Labute approximate surface area is 383 Å². The molecule has 0 aliphatic carbocycles. The molecule has 22 nitrogen and oxygen atoms in total. The van der Waals surface area contributed by atoms with Crippen LogP contribution in [-0.2, 0) is 33.2 Å². The second-order valence-electron chi connectivity index (χ2n) is 12.6. The molecule has 2 aliphatic rings. The Hall–Kier alpha value is -6.25. The molecule has 2 atom stereocenters. The lowest BCUT2D eigenvalue weighted by Crippen LogP contribution is -2.26. The van der Waals surface area contributed by atoms with Gasteiger partial charge in [0.25, 0.3) is 11.8 Å². The van der Waals surface area contributed by atoms with E-state index in [2.05, 4.69) is 100 Å². The van der Waals surface area contributed by atoms with Crippen LogP contribution >= 0.6 is 61.7 Å². The van der Waals surface area contributed by atoms with Gasteiger partial charge in [0.05, 0.1) is 5.69 Å². The van der Waals surface area contributed by atoms with Crippen LogP contribution in [0.25, 0.3) is 11.4 Å². The highest BCUT2D eigenvalue weighted by Crippen LogP contribution is 2.32. The fourth-order valence-electron chi connectivity index (χ4n) is 5.28. The van der Waals surface area contributed by atoms with Gasteiger partial charge >= 0.3 is 12.2 Å². The van der Waals surface area contributed by atoms with Crippen LogP contribution < -0.4 is 30.7 Å². The number of halogens is 4. The average Bonchev–Trinajstić information content (AvgIpc) is 3.76. The van der Waals surface area contributed by atoms with Crippen molar-refractivity contribution in [1.29, 1.82) is 0 Å². The number of fused-ring (bicyclic) bond motifs is 2. The molecule has 26 heteroatoms. The highest BCUT2D eigenvalue weighted by Gasteiger charge is 2.24. The molecule has 0 radical (unpaired) electrons. The van der Waals surface area contributed by atoms with Crippen molar-refractivity contribution < 1.29 is 38.1 Å². The second-order valence-corrected chi connectivity index (χ2v) is 15.2. The fourth-order valence-corrected chi connectivity index (χ4v) is 6.65. The zero-order valence-electron chi connectivity index (χ0n) is 32.6. The van der Waals surface area contributed by atoms with Crippen LogP contribution in [0.15, 0.2) is 65.5 Å². The van der Waals surface area contributed by atoms with Crippen molar-refractivity contribution >= 4 is 109 Å². The highest BCUT2D eigenvalue weighted by atomic mass is 127. The van der Waals surface area contributed by atoms with E-state index in [-0.39, 0.29) is 41.9 Å². The molecule has 0 bridgehead atoms. The van der Waals surface area contributed by atoms with E-state index in [1.54, 1.807) is 82.8 Å². The number of hydrogen-bond donors (Lipinski definition) is 4. The molecular formula is C36H32BrCl2IN14O8. The van der Waals surface area contributed by atoms with Gasteiger partial charge in [-0.25, -0.2) is 38.9 Å². The lowest BCUT2D eigenvalue weighted by molar-refractivity contribution is -0.119. The summed E-state index contributed by atoms with van der Waals surface area (Å²) in [6.45, 7) is 3.32. The van der Waals surface area contributed by atoms with E-state index in [9.17, 15) is 19.2 Å². The van der Waals surface area contributed by atoms with Gasteiger partial charge in [-0.2, -0.15) is 0 Å². The van der Waals surface area contributed by atoms with E-state index in [0.717, 1.165) is 3.70 Å². The summed E-state index contributed by atoms with van der Waals surface area (Å²) in [5.41, 5.74) is 3.02. The molecule has 62 heavy (non-hydrogen) atoms. The van der Waals surface area contributed by atoms with Crippen molar-refractivity contribution in [1.82, 2.24) is 49.9 Å². The summed E-state index contributed by atoms with van der Waals surface area (Å²) in [5.74, 6) is 1.04. The summed E-state index contributed by atoms with van der Waals surface area (Å²) in [5, 5.41) is 26.5. The van der Waals surface area contributed by atoms with Crippen LogP contribution in [0.3, 0.4) is 0 Å². The van der Waals surface area contributed by atoms with Crippen molar-refractivity contribution in [3.63, 3.8) is 0 Å². The maximum absolute atomic E-state index is 12.5.